The third-order valence-electron chi connectivity index (χ3n) is 2.95. The van der Waals surface area contributed by atoms with Gasteiger partial charge in [-0.2, -0.15) is 11.8 Å². The molecular weight excluding hydrogens is 204 g/mol. The van der Waals surface area contributed by atoms with Gasteiger partial charge >= 0.3 is 0 Å². The van der Waals surface area contributed by atoms with Gasteiger partial charge in [0.2, 0.25) is 0 Å². The number of carbonyl (C=O) groups excluding carboxylic acids is 1. The lowest BCUT2D eigenvalue weighted by atomic mass is 9.93. The van der Waals surface area contributed by atoms with E-state index in [1.165, 1.54) is 29.9 Å². The van der Waals surface area contributed by atoms with Crippen LogP contribution >= 0.6 is 11.8 Å². The Hall–Kier alpha value is -0.760. The SMILES string of the molecule is O=Cc1cccc(CC2CCSCC2)c1. The topological polar surface area (TPSA) is 17.1 Å². The summed E-state index contributed by atoms with van der Waals surface area (Å²) in [5.74, 6) is 3.43. The van der Waals surface area contributed by atoms with Crippen LogP contribution in [0.15, 0.2) is 24.3 Å². The fraction of sp³-hybridized carbons (Fsp3) is 0.462. The van der Waals surface area contributed by atoms with Crippen LogP contribution in [0.25, 0.3) is 0 Å². The van der Waals surface area contributed by atoms with E-state index >= 15 is 0 Å². The van der Waals surface area contributed by atoms with Crippen molar-refractivity contribution >= 4 is 18.0 Å². The van der Waals surface area contributed by atoms with Gasteiger partial charge in [-0.3, -0.25) is 4.79 Å². The lowest BCUT2D eigenvalue weighted by molar-refractivity contribution is 0.112. The summed E-state index contributed by atoms with van der Waals surface area (Å²) in [4.78, 5) is 10.6. The van der Waals surface area contributed by atoms with E-state index in [-0.39, 0.29) is 0 Å². The van der Waals surface area contributed by atoms with Crippen molar-refractivity contribution < 1.29 is 4.79 Å². The van der Waals surface area contributed by atoms with E-state index < -0.39 is 0 Å². The van der Waals surface area contributed by atoms with E-state index in [9.17, 15) is 4.79 Å². The normalized spacial score (nSPS) is 17.6. The van der Waals surface area contributed by atoms with Gasteiger partial charge in [0, 0.05) is 5.56 Å². The summed E-state index contributed by atoms with van der Waals surface area (Å²) in [7, 11) is 0. The van der Waals surface area contributed by atoms with Crippen LogP contribution in [0, 0.1) is 5.92 Å². The van der Waals surface area contributed by atoms with Crippen LogP contribution in [-0.4, -0.2) is 17.8 Å². The van der Waals surface area contributed by atoms with E-state index in [0.29, 0.717) is 0 Å². The molecule has 0 atom stereocenters. The van der Waals surface area contributed by atoms with E-state index in [0.717, 1.165) is 24.2 Å². The lowest BCUT2D eigenvalue weighted by Gasteiger charge is -2.21. The molecule has 1 aromatic rings. The molecule has 1 heterocycles. The molecule has 1 aliphatic heterocycles. The van der Waals surface area contributed by atoms with Crippen LogP contribution in [0.3, 0.4) is 0 Å². The van der Waals surface area contributed by atoms with Crippen molar-refractivity contribution in [3.05, 3.63) is 35.4 Å². The standard InChI is InChI=1S/C13H16OS/c14-10-13-3-1-2-12(9-13)8-11-4-6-15-7-5-11/h1-3,9-11H,4-8H2. The van der Waals surface area contributed by atoms with E-state index in [1.807, 2.05) is 18.2 Å². The summed E-state index contributed by atoms with van der Waals surface area (Å²) in [6, 6.07) is 8.01. The molecule has 1 aliphatic rings. The fourth-order valence-electron chi connectivity index (χ4n) is 2.08. The predicted molar refractivity (Wildman–Crippen MR) is 65.6 cm³/mol. The molecule has 2 heteroatoms. The first kappa shape index (κ1) is 10.7. The summed E-state index contributed by atoms with van der Waals surface area (Å²) in [6.45, 7) is 0. The molecule has 0 amide bonds. The van der Waals surface area contributed by atoms with E-state index in [1.54, 1.807) is 0 Å². The monoisotopic (exact) mass is 220 g/mol. The maximum atomic E-state index is 10.6. The van der Waals surface area contributed by atoms with Crippen molar-refractivity contribution in [3.8, 4) is 0 Å². The quantitative estimate of drug-likeness (QED) is 0.728. The zero-order chi connectivity index (χ0) is 10.5. The lowest BCUT2D eigenvalue weighted by Crippen LogP contribution is -2.12. The molecule has 0 saturated carbocycles. The molecule has 0 unspecified atom stereocenters. The Kier molecular flexibility index (Phi) is 3.84. The van der Waals surface area contributed by atoms with Crippen LogP contribution in [0.4, 0.5) is 0 Å². The van der Waals surface area contributed by atoms with Crippen LogP contribution < -0.4 is 0 Å². The number of hydrogen-bond acceptors (Lipinski definition) is 2. The smallest absolute Gasteiger partial charge is 0.150 e. The summed E-state index contributed by atoms with van der Waals surface area (Å²) >= 11 is 2.06. The maximum absolute atomic E-state index is 10.6. The molecule has 1 saturated heterocycles. The average Bonchev–Trinajstić information content (AvgIpc) is 2.31. The zero-order valence-corrected chi connectivity index (χ0v) is 9.63. The molecule has 1 fully saturated rings. The molecule has 1 aromatic carbocycles. The highest BCUT2D eigenvalue weighted by Gasteiger charge is 2.13. The van der Waals surface area contributed by atoms with Crippen molar-refractivity contribution in [2.75, 3.05) is 11.5 Å². The molecule has 0 aromatic heterocycles. The van der Waals surface area contributed by atoms with Gasteiger partial charge in [0.15, 0.2) is 0 Å². The Morgan fingerprint density at radius 1 is 1.33 bits per heavy atom. The third-order valence-corrected chi connectivity index (χ3v) is 4.00. The number of aldehydes is 1. The predicted octanol–water partition coefficient (Wildman–Crippen LogP) is 3.18. The van der Waals surface area contributed by atoms with Crippen LogP contribution in [0.2, 0.25) is 0 Å². The second-order valence-electron chi connectivity index (χ2n) is 4.12. The molecule has 0 spiro atoms. The highest BCUT2D eigenvalue weighted by Crippen LogP contribution is 2.25. The molecular formula is C13H16OS. The largest absolute Gasteiger partial charge is 0.298 e. The molecule has 80 valence electrons. The Morgan fingerprint density at radius 2 is 2.13 bits per heavy atom. The van der Waals surface area contributed by atoms with Crippen molar-refractivity contribution in [1.29, 1.82) is 0 Å². The van der Waals surface area contributed by atoms with Gasteiger partial charge < -0.3 is 0 Å². The van der Waals surface area contributed by atoms with Gasteiger partial charge in [-0.15, -0.1) is 0 Å². The molecule has 0 N–H and O–H groups in total. The first-order chi connectivity index (χ1) is 7.38. The molecule has 0 aliphatic carbocycles. The van der Waals surface area contributed by atoms with E-state index in [4.69, 9.17) is 0 Å². The summed E-state index contributed by atoms with van der Waals surface area (Å²) in [6.07, 6.45) is 4.73. The van der Waals surface area contributed by atoms with Crippen LogP contribution in [0.5, 0.6) is 0 Å². The van der Waals surface area contributed by atoms with Crippen molar-refractivity contribution in [2.45, 2.75) is 19.3 Å². The Bertz CT molecular complexity index is 329. The second kappa shape index (κ2) is 5.36. The number of carbonyl (C=O) groups is 1. The van der Waals surface area contributed by atoms with Gasteiger partial charge in [-0.05, 0) is 48.3 Å². The molecule has 1 nitrogen and oxygen atoms in total. The summed E-state index contributed by atoms with van der Waals surface area (Å²) < 4.78 is 0. The molecule has 0 radical (unpaired) electrons. The van der Waals surface area contributed by atoms with Crippen LogP contribution in [0.1, 0.15) is 28.8 Å². The van der Waals surface area contributed by atoms with E-state index in [2.05, 4.69) is 17.8 Å². The highest BCUT2D eigenvalue weighted by atomic mass is 32.2. The Morgan fingerprint density at radius 3 is 2.87 bits per heavy atom. The maximum Gasteiger partial charge on any atom is 0.150 e. The Balaban J connectivity index is 1.99. The molecule has 0 bridgehead atoms. The minimum atomic E-state index is 0.803. The van der Waals surface area contributed by atoms with Crippen molar-refractivity contribution in [1.82, 2.24) is 0 Å². The van der Waals surface area contributed by atoms with Crippen LogP contribution in [-0.2, 0) is 6.42 Å². The van der Waals surface area contributed by atoms with Crippen molar-refractivity contribution in [2.24, 2.45) is 5.92 Å². The number of hydrogen-bond donors (Lipinski definition) is 0. The molecule has 15 heavy (non-hydrogen) atoms. The highest BCUT2D eigenvalue weighted by molar-refractivity contribution is 7.99. The minimum absolute atomic E-state index is 0.803. The van der Waals surface area contributed by atoms with Crippen molar-refractivity contribution in [3.63, 3.8) is 0 Å². The number of thioether (sulfide) groups is 1. The van der Waals surface area contributed by atoms with Gasteiger partial charge in [-0.25, -0.2) is 0 Å². The average molecular weight is 220 g/mol. The number of benzene rings is 1. The first-order valence-electron chi connectivity index (χ1n) is 5.50. The van der Waals surface area contributed by atoms with Gasteiger partial charge in [0.05, 0.1) is 0 Å². The Labute approximate surface area is 95.3 Å². The number of rotatable bonds is 3. The second-order valence-corrected chi connectivity index (χ2v) is 5.35. The van der Waals surface area contributed by atoms with Gasteiger partial charge in [0.1, 0.15) is 6.29 Å². The summed E-state index contributed by atoms with van der Waals surface area (Å²) in [5.41, 5.74) is 2.12. The minimum Gasteiger partial charge on any atom is -0.298 e. The zero-order valence-electron chi connectivity index (χ0n) is 8.82. The third kappa shape index (κ3) is 3.10. The fourth-order valence-corrected chi connectivity index (χ4v) is 3.28. The first-order valence-corrected chi connectivity index (χ1v) is 6.66. The van der Waals surface area contributed by atoms with Gasteiger partial charge in [-0.1, -0.05) is 18.2 Å². The molecule has 2 rings (SSSR count). The summed E-state index contributed by atoms with van der Waals surface area (Å²) in [5, 5.41) is 0. The van der Waals surface area contributed by atoms with Gasteiger partial charge in [0.25, 0.3) is 0 Å².